The number of piperidine rings is 1. The first kappa shape index (κ1) is 18.7. The van der Waals surface area contributed by atoms with Crippen molar-refractivity contribution in [3.8, 4) is 5.75 Å². The number of halogens is 2. The number of hydrogen-bond donors (Lipinski definition) is 1. The average Bonchev–Trinajstić information content (AvgIpc) is 3.11. The van der Waals surface area contributed by atoms with Crippen molar-refractivity contribution in [2.75, 3.05) is 24.5 Å². The van der Waals surface area contributed by atoms with E-state index in [1.54, 1.807) is 17.0 Å². The van der Waals surface area contributed by atoms with Crippen LogP contribution in [0.2, 0.25) is 0 Å². The van der Waals surface area contributed by atoms with Crippen molar-refractivity contribution in [1.29, 1.82) is 0 Å². The Balaban J connectivity index is 0.00000196. The van der Waals surface area contributed by atoms with Gasteiger partial charge in [-0.2, -0.15) is 5.10 Å². The van der Waals surface area contributed by atoms with Crippen molar-refractivity contribution in [2.24, 2.45) is 0 Å². The second-order valence-electron chi connectivity index (χ2n) is 6.64. The number of nitrogens with one attached hydrogen (secondary N) is 1. The molecule has 6 nitrogen and oxygen atoms in total. The number of ether oxygens (including phenoxy) is 1. The molecule has 0 saturated carbocycles. The number of carbonyl (C=O) groups is 1. The van der Waals surface area contributed by atoms with Crippen LogP contribution in [0.25, 0.3) is 0 Å². The molecule has 1 aromatic carbocycles. The molecule has 26 heavy (non-hydrogen) atoms. The van der Waals surface area contributed by atoms with Crippen LogP contribution in [0, 0.1) is 5.82 Å². The highest BCUT2D eigenvalue weighted by atomic mass is 35.5. The molecule has 1 amide bonds. The van der Waals surface area contributed by atoms with Crippen LogP contribution in [0.15, 0.2) is 30.5 Å². The number of hydrogen-bond acceptors (Lipinski definition) is 4. The second kappa shape index (κ2) is 7.63. The highest BCUT2D eigenvalue weighted by molar-refractivity contribution is 6.05. The van der Waals surface area contributed by atoms with Crippen molar-refractivity contribution in [2.45, 2.75) is 31.9 Å². The topological polar surface area (TPSA) is 59.4 Å². The standard InChI is InChI=1S/C18H21FN4O2.ClH/c1-12-11-22(16-5-4-13(19)9-17(16)25-12)18(24)15-6-8-23(21-15)14-3-2-7-20-10-14;/h4-6,8-9,12,14,20H,2-3,7,10-11H2,1H3;1H. The molecule has 4 rings (SSSR count). The number of rotatable bonds is 2. The number of fused-ring (bicyclic) bond motifs is 1. The number of anilines is 1. The molecule has 1 aromatic heterocycles. The van der Waals surface area contributed by atoms with Gasteiger partial charge < -0.3 is 10.1 Å². The predicted octanol–water partition coefficient (Wildman–Crippen LogP) is 2.80. The third-order valence-electron chi connectivity index (χ3n) is 4.70. The van der Waals surface area contributed by atoms with Crippen LogP contribution >= 0.6 is 12.4 Å². The number of carbonyl (C=O) groups excluding carboxylic acids is 1. The lowest BCUT2D eigenvalue weighted by atomic mass is 10.1. The van der Waals surface area contributed by atoms with E-state index in [1.165, 1.54) is 12.1 Å². The Hall–Kier alpha value is -2.12. The minimum atomic E-state index is -0.380. The maximum atomic E-state index is 13.5. The highest BCUT2D eigenvalue weighted by Gasteiger charge is 2.30. The summed E-state index contributed by atoms with van der Waals surface area (Å²) in [5, 5.41) is 7.85. The SMILES string of the molecule is CC1CN(C(=O)c2ccn(C3CCCNC3)n2)c2ccc(F)cc2O1.Cl. The molecule has 2 aliphatic rings. The van der Waals surface area contributed by atoms with Crippen LogP contribution < -0.4 is 15.0 Å². The lowest BCUT2D eigenvalue weighted by molar-refractivity contribution is 0.0954. The Morgan fingerprint density at radius 1 is 1.38 bits per heavy atom. The summed E-state index contributed by atoms with van der Waals surface area (Å²) < 4.78 is 21.0. The molecule has 2 aliphatic heterocycles. The van der Waals surface area contributed by atoms with E-state index in [2.05, 4.69) is 10.4 Å². The molecular weight excluding hydrogens is 359 g/mol. The lowest BCUT2D eigenvalue weighted by Crippen LogP contribution is -2.42. The van der Waals surface area contributed by atoms with Gasteiger partial charge in [0, 0.05) is 18.8 Å². The van der Waals surface area contributed by atoms with Crippen LogP contribution in [0.3, 0.4) is 0 Å². The van der Waals surface area contributed by atoms with Crippen molar-refractivity contribution in [3.63, 3.8) is 0 Å². The van der Waals surface area contributed by atoms with Crippen molar-refractivity contribution >= 4 is 24.0 Å². The van der Waals surface area contributed by atoms with Crippen LogP contribution in [0.5, 0.6) is 5.75 Å². The Morgan fingerprint density at radius 3 is 3.00 bits per heavy atom. The van der Waals surface area contributed by atoms with Crippen molar-refractivity contribution < 1.29 is 13.9 Å². The summed E-state index contributed by atoms with van der Waals surface area (Å²) in [6, 6.07) is 6.26. The predicted molar refractivity (Wildman–Crippen MR) is 98.8 cm³/mol. The molecule has 0 bridgehead atoms. The van der Waals surface area contributed by atoms with E-state index >= 15 is 0 Å². The molecule has 1 fully saturated rings. The van der Waals surface area contributed by atoms with E-state index in [1.807, 2.05) is 17.8 Å². The summed E-state index contributed by atoms with van der Waals surface area (Å²) >= 11 is 0. The molecule has 0 spiro atoms. The summed E-state index contributed by atoms with van der Waals surface area (Å²) in [7, 11) is 0. The molecule has 140 valence electrons. The molecule has 2 aromatic rings. The first-order chi connectivity index (χ1) is 12.1. The molecular formula is C18H22ClFN4O2. The van der Waals surface area contributed by atoms with E-state index < -0.39 is 0 Å². The Labute approximate surface area is 157 Å². The summed E-state index contributed by atoms with van der Waals surface area (Å²) in [5.74, 6) is -0.178. The highest BCUT2D eigenvalue weighted by Crippen LogP contribution is 2.34. The van der Waals surface area contributed by atoms with Crippen molar-refractivity contribution in [1.82, 2.24) is 15.1 Å². The Morgan fingerprint density at radius 2 is 2.23 bits per heavy atom. The minimum Gasteiger partial charge on any atom is -0.487 e. The molecule has 3 heterocycles. The maximum Gasteiger partial charge on any atom is 0.279 e. The molecule has 0 aliphatic carbocycles. The van der Waals surface area contributed by atoms with Gasteiger partial charge in [-0.1, -0.05) is 0 Å². The molecule has 8 heteroatoms. The smallest absolute Gasteiger partial charge is 0.279 e. The fourth-order valence-corrected chi connectivity index (χ4v) is 3.46. The van der Waals surface area contributed by atoms with Gasteiger partial charge in [-0.15, -0.1) is 12.4 Å². The van der Waals surface area contributed by atoms with E-state index in [-0.39, 0.29) is 36.3 Å². The average molecular weight is 381 g/mol. The summed E-state index contributed by atoms with van der Waals surface area (Å²) in [5.41, 5.74) is 0.980. The molecule has 2 unspecified atom stereocenters. The number of nitrogens with zero attached hydrogens (tertiary/aromatic N) is 3. The van der Waals surface area contributed by atoms with Gasteiger partial charge in [-0.25, -0.2) is 4.39 Å². The summed E-state index contributed by atoms with van der Waals surface area (Å²) in [6.07, 6.45) is 3.82. The maximum absolute atomic E-state index is 13.5. The van der Waals surface area contributed by atoms with Crippen LogP contribution in [0.4, 0.5) is 10.1 Å². The Kier molecular flexibility index (Phi) is 5.48. The summed E-state index contributed by atoms with van der Waals surface area (Å²) in [4.78, 5) is 14.6. The van der Waals surface area contributed by atoms with Gasteiger partial charge in [0.05, 0.1) is 18.3 Å². The zero-order valence-electron chi connectivity index (χ0n) is 14.5. The zero-order valence-corrected chi connectivity index (χ0v) is 15.3. The molecule has 2 atom stereocenters. The molecule has 1 N–H and O–H groups in total. The van der Waals surface area contributed by atoms with Gasteiger partial charge in [-0.05, 0) is 44.5 Å². The van der Waals surface area contributed by atoms with Crippen LogP contribution in [0.1, 0.15) is 36.3 Å². The zero-order chi connectivity index (χ0) is 17.4. The first-order valence-electron chi connectivity index (χ1n) is 8.66. The van der Waals surface area contributed by atoms with Gasteiger partial charge in [-0.3, -0.25) is 14.4 Å². The molecule has 1 saturated heterocycles. The fraction of sp³-hybridized carbons (Fsp3) is 0.444. The number of aromatic nitrogens is 2. The lowest BCUT2D eigenvalue weighted by Gasteiger charge is -2.33. The van der Waals surface area contributed by atoms with Crippen LogP contribution in [-0.2, 0) is 0 Å². The van der Waals surface area contributed by atoms with E-state index in [0.29, 0.717) is 23.7 Å². The van der Waals surface area contributed by atoms with E-state index in [4.69, 9.17) is 4.74 Å². The first-order valence-corrected chi connectivity index (χ1v) is 8.66. The largest absolute Gasteiger partial charge is 0.487 e. The second-order valence-corrected chi connectivity index (χ2v) is 6.64. The number of benzene rings is 1. The van der Waals surface area contributed by atoms with Crippen molar-refractivity contribution in [3.05, 3.63) is 42.0 Å². The quantitative estimate of drug-likeness (QED) is 0.870. The minimum absolute atomic E-state index is 0. The fourth-order valence-electron chi connectivity index (χ4n) is 3.46. The van der Waals surface area contributed by atoms with Gasteiger partial charge >= 0.3 is 0 Å². The van der Waals surface area contributed by atoms with E-state index in [0.717, 1.165) is 25.9 Å². The van der Waals surface area contributed by atoms with Gasteiger partial charge in [0.1, 0.15) is 17.7 Å². The van der Waals surface area contributed by atoms with Gasteiger partial charge in [0.25, 0.3) is 5.91 Å². The van der Waals surface area contributed by atoms with Crippen LogP contribution in [-0.4, -0.2) is 41.4 Å². The summed E-state index contributed by atoms with van der Waals surface area (Å²) in [6.45, 7) is 4.17. The monoisotopic (exact) mass is 380 g/mol. The third-order valence-corrected chi connectivity index (χ3v) is 4.70. The van der Waals surface area contributed by atoms with Gasteiger partial charge in [0.15, 0.2) is 5.69 Å². The van der Waals surface area contributed by atoms with Gasteiger partial charge in [0.2, 0.25) is 0 Å². The van der Waals surface area contributed by atoms with E-state index in [9.17, 15) is 9.18 Å². The Bertz CT molecular complexity index is 791. The normalized spacial score (nSPS) is 22.2. The number of amides is 1. The molecule has 0 radical (unpaired) electrons. The third kappa shape index (κ3) is 3.54.